The van der Waals surface area contributed by atoms with E-state index in [9.17, 15) is 0 Å². The van der Waals surface area contributed by atoms with Crippen molar-refractivity contribution in [2.75, 3.05) is 20.2 Å². The van der Waals surface area contributed by atoms with Gasteiger partial charge in [0.05, 0.1) is 19.8 Å². The summed E-state index contributed by atoms with van der Waals surface area (Å²) in [6.45, 7) is 1.52. The molecule has 1 saturated heterocycles. The van der Waals surface area contributed by atoms with Crippen LogP contribution in [0.15, 0.2) is 0 Å². The molecule has 1 aliphatic rings. The topological polar surface area (TPSA) is 32.7 Å². The van der Waals surface area contributed by atoms with Gasteiger partial charge in [-0.2, -0.15) is 5.06 Å². The van der Waals surface area contributed by atoms with E-state index in [2.05, 4.69) is 0 Å². The standard InChI is InChI=1S/C5H11NO2.ClH/c1-8-6-3-2-5(7)4-6;/h5,7H,2-4H2,1H3;1H. The maximum Gasteiger partial charge on any atom is 0.0703 e. The minimum atomic E-state index is -0.171. The van der Waals surface area contributed by atoms with Crippen molar-refractivity contribution in [3.8, 4) is 0 Å². The summed E-state index contributed by atoms with van der Waals surface area (Å²) < 4.78 is 0. The lowest BCUT2D eigenvalue weighted by Gasteiger charge is -2.09. The van der Waals surface area contributed by atoms with Gasteiger partial charge in [-0.15, -0.1) is 12.4 Å². The van der Waals surface area contributed by atoms with Gasteiger partial charge in [0.15, 0.2) is 0 Å². The van der Waals surface area contributed by atoms with Gasteiger partial charge in [-0.1, -0.05) is 0 Å². The van der Waals surface area contributed by atoms with E-state index in [0.29, 0.717) is 6.54 Å². The molecule has 1 fully saturated rings. The van der Waals surface area contributed by atoms with Gasteiger partial charge in [-0.25, -0.2) is 0 Å². The summed E-state index contributed by atoms with van der Waals surface area (Å²) in [4.78, 5) is 4.85. The number of halogens is 1. The fraction of sp³-hybridized carbons (Fsp3) is 1.00. The third kappa shape index (κ3) is 2.49. The molecule has 1 rings (SSSR count). The molecule has 4 heteroatoms. The molecule has 0 aromatic rings. The SMILES string of the molecule is CON1CCC(O)C1.Cl. The fourth-order valence-corrected chi connectivity index (χ4v) is 0.876. The Morgan fingerprint density at radius 3 is 2.56 bits per heavy atom. The lowest BCUT2D eigenvalue weighted by Crippen LogP contribution is -2.20. The Hall–Kier alpha value is 0.170. The Morgan fingerprint density at radius 2 is 2.33 bits per heavy atom. The van der Waals surface area contributed by atoms with E-state index in [4.69, 9.17) is 9.94 Å². The van der Waals surface area contributed by atoms with Crippen LogP contribution >= 0.6 is 12.4 Å². The molecule has 56 valence electrons. The highest BCUT2D eigenvalue weighted by atomic mass is 35.5. The second kappa shape index (κ2) is 4.06. The molecule has 1 aliphatic heterocycles. The molecule has 9 heavy (non-hydrogen) atoms. The van der Waals surface area contributed by atoms with Crippen LogP contribution in [0.1, 0.15) is 6.42 Å². The molecular weight excluding hydrogens is 142 g/mol. The van der Waals surface area contributed by atoms with Crippen molar-refractivity contribution in [3.63, 3.8) is 0 Å². The van der Waals surface area contributed by atoms with Crippen molar-refractivity contribution in [2.45, 2.75) is 12.5 Å². The van der Waals surface area contributed by atoms with E-state index in [0.717, 1.165) is 13.0 Å². The lowest BCUT2D eigenvalue weighted by molar-refractivity contribution is -0.118. The van der Waals surface area contributed by atoms with E-state index in [1.807, 2.05) is 0 Å². The van der Waals surface area contributed by atoms with Crippen LogP contribution in [0.25, 0.3) is 0 Å². The summed E-state index contributed by atoms with van der Waals surface area (Å²) in [5.74, 6) is 0. The van der Waals surface area contributed by atoms with Crippen LogP contribution in [0, 0.1) is 0 Å². The van der Waals surface area contributed by atoms with Crippen molar-refractivity contribution in [1.82, 2.24) is 5.06 Å². The Bertz CT molecular complexity index is 81.4. The van der Waals surface area contributed by atoms with Gasteiger partial charge in [-0.3, -0.25) is 0 Å². The lowest BCUT2D eigenvalue weighted by atomic mass is 10.3. The molecule has 1 atom stereocenters. The number of hydrogen-bond acceptors (Lipinski definition) is 3. The van der Waals surface area contributed by atoms with Gasteiger partial charge < -0.3 is 9.94 Å². The van der Waals surface area contributed by atoms with E-state index >= 15 is 0 Å². The first kappa shape index (κ1) is 9.17. The first-order valence-electron chi connectivity index (χ1n) is 2.80. The summed E-state index contributed by atoms with van der Waals surface area (Å²) >= 11 is 0. The van der Waals surface area contributed by atoms with Gasteiger partial charge in [-0.05, 0) is 6.42 Å². The molecule has 0 aliphatic carbocycles. The Balaban J connectivity index is 0.000000640. The number of β-amino-alcohol motifs (C(OH)–C–C–N with tert-alkyl or cyclic N) is 1. The normalized spacial score (nSPS) is 28.0. The molecule has 1 heterocycles. The zero-order valence-electron chi connectivity index (χ0n) is 5.41. The van der Waals surface area contributed by atoms with Crippen LogP contribution in [0.4, 0.5) is 0 Å². The molecule has 3 nitrogen and oxygen atoms in total. The Morgan fingerprint density at radius 1 is 1.67 bits per heavy atom. The molecule has 0 radical (unpaired) electrons. The van der Waals surface area contributed by atoms with E-state index in [1.165, 1.54) is 0 Å². The second-order valence-electron chi connectivity index (χ2n) is 2.01. The van der Waals surface area contributed by atoms with Crippen LogP contribution in [0.5, 0.6) is 0 Å². The summed E-state index contributed by atoms with van der Waals surface area (Å²) in [6.07, 6.45) is 0.670. The molecule has 0 amide bonds. The monoisotopic (exact) mass is 153 g/mol. The average Bonchev–Trinajstić information content (AvgIpc) is 2.14. The van der Waals surface area contributed by atoms with E-state index < -0.39 is 0 Å². The Labute approximate surface area is 61.0 Å². The van der Waals surface area contributed by atoms with Crippen molar-refractivity contribution in [1.29, 1.82) is 0 Å². The molecule has 0 spiro atoms. The molecule has 0 aromatic heterocycles. The summed E-state index contributed by atoms with van der Waals surface area (Å²) in [5, 5.41) is 10.7. The zero-order chi connectivity index (χ0) is 5.98. The highest BCUT2D eigenvalue weighted by Gasteiger charge is 2.18. The van der Waals surface area contributed by atoms with Crippen LogP contribution in [0.2, 0.25) is 0 Å². The van der Waals surface area contributed by atoms with E-state index in [-0.39, 0.29) is 18.5 Å². The predicted molar refractivity (Wildman–Crippen MR) is 36.5 cm³/mol. The third-order valence-corrected chi connectivity index (χ3v) is 1.38. The summed E-state index contributed by atoms with van der Waals surface area (Å²) in [5.41, 5.74) is 0. The van der Waals surface area contributed by atoms with Crippen LogP contribution in [-0.2, 0) is 4.84 Å². The number of aliphatic hydroxyl groups excluding tert-OH is 1. The number of nitrogens with zero attached hydrogens (tertiary/aromatic N) is 1. The van der Waals surface area contributed by atoms with Crippen molar-refractivity contribution in [2.24, 2.45) is 0 Å². The fourth-order valence-electron chi connectivity index (χ4n) is 0.876. The molecule has 0 bridgehead atoms. The van der Waals surface area contributed by atoms with Crippen LogP contribution in [-0.4, -0.2) is 36.5 Å². The second-order valence-corrected chi connectivity index (χ2v) is 2.01. The predicted octanol–water partition coefficient (Wildman–Crippen LogP) is 0.0362. The smallest absolute Gasteiger partial charge is 0.0703 e. The van der Waals surface area contributed by atoms with Crippen LogP contribution in [0.3, 0.4) is 0 Å². The first-order chi connectivity index (χ1) is 3.83. The number of aliphatic hydroxyl groups is 1. The highest BCUT2D eigenvalue weighted by Crippen LogP contribution is 2.06. The summed E-state index contributed by atoms with van der Waals surface area (Å²) in [6, 6.07) is 0. The largest absolute Gasteiger partial charge is 0.392 e. The highest BCUT2D eigenvalue weighted by molar-refractivity contribution is 5.85. The maximum absolute atomic E-state index is 8.91. The molecule has 0 saturated carbocycles. The van der Waals surface area contributed by atoms with Crippen LogP contribution < -0.4 is 0 Å². The van der Waals surface area contributed by atoms with Gasteiger partial charge in [0.25, 0.3) is 0 Å². The van der Waals surface area contributed by atoms with Gasteiger partial charge in [0, 0.05) is 6.54 Å². The minimum absolute atomic E-state index is 0. The van der Waals surface area contributed by atoms with Gasteiger partial charge in [0.1, 0.15) is 0 Å². The molecular formula is C5H12ClNO2. The average molecular weight is 154 g/mol. The van der Waals surface area contributed by atoms with Crippen molar-refractivity contribution >= 4 is 12.4 Å². The molecule has 0 aromatic carbocycles. The summed E-state index contributed by atoms with van der Waals surface area (Å²) in [7, 11) is 1.62. The number of hydrogen-bond donors (Lipinski definition) is 1. The van der Waals surface area contributed by atoms with Gasteiger partial charge in [0.2, 0.25) is 0 Å². The molecule has 1 N–H and O–H groups in total. The number of hydroxylamine groups is 2. The quantitative estimate of drug-likeness (QED) is 0.577. The Kier molecular flexibility index (Phi) is 4.14. The zero-order valence-corrected chi connectivity index (χ0v) is 6.23. The van der Waals surface area contributed by atoms with Crippen molar-refractivity contribution < 1.29 is 9.94 Å². The van der Waals surface area contributed by atoms with E-state index in [1.54, 1.807) is 12.2 Å². The van der Waals surface area contributed by atoms with Crippen molar-refractivity contribution in [3.05, 3.63) is 0 Å². The first-order valence-corrected chi connectivity index (χ1v) is 2.80. The third-order valence-electron chi connectivity index (χ3n) is 1.38. The maximum atomic E-state index is 8.91. The molecule has 1 unspecified atom stereocenters. The minimum Gasteiger partial charge on any atom is -0.392 e. The van der Waals surface area contributed by atoms with Gasteiger partial charge >= 0.3 is 0 Å². The number of rotatable bonds is 1.